The van der Waals surface area contributed by atoms with Crippen molar-refractivity contribution in [1.82, 2.24) is 4.72 Å². The molecule has 0 saturated heterocycles. The smallest absolute Gasteiger partial charge is 0.264 e. The fraction of sp³-hybridized carbons (Fsp3) is 0.562. The average Bonchev–Trinajstić information content (AvgIpc) is 2.37. The van der Waals surface area contributed by atoms with Gasteiger partial charge in [0.05, 0.1) is 4.90 Å². The van der Waals surface area contributed by atoms with Crippen LogP contribution in [0.4, 0.5) is 0 Å². The number of carbonyl (C=O) groups excluding carboxylic acids is 1. The molecule has 5 heteroatoms. The summed E-state index contributed by atoms with van der Waals surface area (Å²) in [6, 6.07) is 1.96. The van der Waals surface area contributed by atoms with Gasteiger partial charge in [0.15, 0.2) is 0 Å². The lowest BCUT2D eigenvalue weighted by molar-refractivity contribution is -0.123. The summed E-state index contributed by atoms with van der Waals surface area (Å²) < 4.78 is 27.4. The van der Waals surface area contributed by atoms with Crippen molar-refractivity contribution in [3.63, 3.8) is 0 Å². The first-order chi connectivity index (χ1) is 9.65. The minimum absolute atomic E-state index is 0.235. The van der Waals surface area contributed by atoms with Crippen LogP contribution in [0, 0.1) is 33.6 Å². The summed E-state index contributed by atoms with van der Waals surface area (Å²) in [6.45, 7) is 11.1. The number of amides is 1. The van der Waals surface area contributed by atoms with Crippen LogP contribution in [-0.4, -0.2) is 14.3 Å². The number of rotatable bonds is 5. The predicted octanol–water partition coefficient (Wildman–Crippen LogP) is 3.16. The molecule has 0 saturated carbocycles. The molecule has 0 heterocycles. The van der Waals surface area contributed by atoms with E-state index in [0.29, 0.717) is 24.0 Å². The van der Waals surface area contributed by atoms with Crippen molar-refractivity contribution in [3.8, 4) is 0 Å². The van der Waals surface area contributed by atoms with Crippen molar-refractivity contribution in [1.29, 1.82) is 0 Å². The summed E-state index contributed by atoms with van der Waals surface area (Å²) in [4.78, 5) is 12.3. The summed E-state index contributed by atoms with van der Waals surface area (Å²) in [7, 11) is -3.83. The molecule has 0 unspecified atom stereocenters. The molecule has 1 rings (SSSR count). The standard InChI is InChI=1S/C16H25NO3S/c1-7-14(8-2)16(18)17-21(19,20)15-12(5)10(3)9-11(4)13(15)6/h9,14H,7-8H2,1-6H3,(H,17,18). The first-order valence-corrected chi connectivity index (χ1v) is 8.78. The van der Waals surface area contributed by atoms with Gasteiger partial charge in [-0.25, -0.2) is 13.1 Å². The summed E-state index contributed by atoms with van der Waals surface area (Å²) in [5, 5.41) is 0. The van der Waals surface area contributed by atoms with Gasteiger partial charge in [0.1, 0.15) is 0 Å². The highest BCUT2D eigenvalue weighted by atomic mass is 32.2. The van der Waals surface area contributed by atoms with Crippen LogP contribution in [0.25, 0.3) is 0 Å². The average molecular weight is 311 g/mol. The van der Waals surface area contributed by atoms with E-state index >= 15 is 0 Å². The van der Waals surface area contributed by atoms with Crippen molar-refractivity contribution < 1.29 is 13.2 Å². The lowest BCUT2D eigenvalue weighted by atomic mass is 10.0. The van der Waals surface area contributed by atoms with Crippen LogP contribution in [-0.2, 0) is 14.8 Å². The van der Waals surface area contributed by atoms with Crippen molar-refractivity contribution in [3.05, 3.63) is 28.3 Å². The van der Waals surface area contributed by atoms with Gasteiger partial charge in [0.25, 0.3) is 10.0 Å². The number of nitrogens with one attached hydrogen (secondary N) is 1. The highest BCUT2D eigenvalue weighted by Gasteiger charge is 2.26. The van der Waals surface area contributed by atoms with Crippen LogP contribution >= 0.6 is 0 Å². The van der Waals surface area contributed by atoms with Crippen LogP contribution < -0.4 is 4.72 Å². The molecule has 0 radical (unpaired) electrons. The highest BCUT2D eigenvalue weighted by molar-refractivity contribution is 7.90. The zero-order chi connectivity index (χ0) is 16.4. The van der Waals surface area contributed by atoms with E-state index in [1.807, 2.05) is 33.8 Å². The highest BCUT2D eigenvalue weighted by Crippen LogP contribution is 2.26. The Kier molecular flexibility index (Phi) is 5.56. The normalized spacial score (nSPS) is 11.8. The van der Waals surface area contributed by atoms with E-state index in [-0.39, 0.29) is 10.8 Å². The van der Waals surface area contributed by atoms with Gasteiger partial charge in [-0.05, 0) is 62.8 Å². The van der Waals surface area contributed by atoms with Crippen molar-refractivity contribution in [2.75, 3.05) is 0 Å². The second-order valence-corrected chi connectivity index (χ2v) is 7.19. The van der Waals surface area contributed by atoms with Crippen LogP contribution in [0.15, 0.2) is 11.0 Å². The van der Waals surface area contributed by atoms with E-state index in [1.54, 1.807) is 13.8 Å². The van der Waals surface area contributed by atoms with E-state index in [1.165, 1.54) is 0 Å². The zero-order valence-electron chi connectivity index (χ0n) is 13.7. The number of hydrogen-bond donors (Lipinski definition) is 1. The lowest BCUT2D eigenvalue weighted by Gasteiger charge is -2.18. The molecule has 118 valence electrons. The number of carbonyl (C=O) groups is 1. The quantitative estimate of drug-likeness (QED) is 0.908. The van der Waals surface area contributed by atoms with Gasteiger partial charge in [-0.15, -0.1) is 0 Å². The molecule has 1 N–H and O–H groups in total. The molecule has 0 aliphatic heterocycles. The van der Waals surface area contributed by atoms with Gasteiger partial charge in [0.2, 0.25) is 5.91 Å². The molecule has 21 heavy (non-hydrogen) atoms. The van der Waals surface area contributed by atoms with E-state index in [9.17, 15) is 13.2 Å². The van der Waals surface area contributed by atoms with Crippen LogP contribution in [0.2, 0.25) is 0 Å². The van der Waals surface area contributed by atoms with Gasteiger partial charge in [0, 0.05) is 5.92 Å². The fourth-order valence-electron chi connectivity index (χ4n) is 2.51. The van der Waals surface area contributed by atoms with Gasteiger partial charge in [-0.3, -0.25) is 4.79 Å². The molecular weight excluding hydrogens is 286 g/mol. The second kappa shape index (κ2) is 6.60. The minimum atomic E-state index is -3.83. The maximum atomic E-state index is 12.6. The molecule has 1 aromatic rings. The number of aryl methyl sites for hydroxylation is 2. The molecule has 0 atom stereocenters. The van der Waals surface area contributed by atoms with Gasteiger partial charge in [-0.2, -0.15) is 0 Å². The molecule has 4 nitrogen and oxygen atoms in total. The molecule has 0 fully saturated rings. The molecular formula is C16H25NO3S. The lowest BCUT2D eigenvalue weighted by Crippen LogP contribution is -2.36. The largest absolute Gasteiger partial charge is 0.274 e. The Hall–Kier alpha value is -1.36. The van der Waals surface area contributed by atoms with Crippen molar-refractivity contribution >= 4 is 15.9 Å². The monoisotopic (exact) mass is 311 g/mol. The van der Waals surface area contributed by atoms with Gasteiger partial charge >= 0.3 is 0 Å². The summed E-state index contributed by atoms with van der Waals surface area (Å²) in [5.74, 6) is -0.691. The molecule has 1 amide bonds. The van der Waals surface area contributed by atoms with Crippen molar-refractivity contribution in [2.24, 2.45) is 5.92 Å². The van der Waals surface area contributed by atoms with E-state index in [0.717, 1.165) is 11.1 Å². The first-order valence-electron chi connectivity index (χ1n) is 7.29. The summed E-state index contributed by atoms with van der Waals surface area (Å²) in [6.07, 6.45) is 1.26. The Morgan fingerprint density at radius 2 is 1.48 bits per heavy atom. The van der Waals surface area contributed by atoms with Gasteiger partial charge in [-0.1, -0.05) is 19.9 Å². The van der Waals surface area contributed by atoms with Crippen molar-refractivity contribution in [2.45, 2.75) is 59.3 Å². The SMILES string of the molecule is CCC(CC)C(=O)NS(=O)(=O)c1c(C)c(C)cc(C)c1C. The third kappa shape index (κ3) is 3.64. The molecule has 0 aliphatic carbocycles. The number of hydrogen-bond acceptors (Lipinski definition) is 3. The Morgan fingerprint density at radius 3 is 1.86 bits per heavy atom. The van der Waals surface area contributed by atoms with E-state index in [4.69, 9.17) is 0 Å². The number of benzene rings is 1. The maximum absolute atomic E-state index is 12.6. The third-order valence-corrected chi connectivity index (χ3v) is 5.78. The fourth-order valence-corrected chi connectivity index (χ4v) is 4.17. The number of sulfonamides is 1. The summed E-state index contributed by atoms with van der Waals surface area (Å²) >= 11 is 0. The van der Waals surface area contributed by atoms with E-state index in [2.05, 4.69) is 4.72 Å². The van der Waals surface area contributed by atoms with E-state index < -0.39 is 15.9 Å². The molecule has 0 aromatic heterocycles. The zero-order valence-corrected chi connectivity index (χ0v) is 14.5. The molecule has 0 aliphatic rings. The molecule has 0 spiro atoms. The van der Waals surface area contributed by atoms with Crippen LogP contribution in [0.3, 0.4) is 0 Å². The Balaban J connectivity index is 3.30. The van der Waals surface area contributed by atoms with Gasteiger partial charge < -0.3 is 0 Å². The Labute approximate surface area is 128 Å². The maximum Gasteiger partial charge on any atom is 0.264 e. The molecule has 0 bridgehead atoms. The van der Waals surface area contributed by atoms with Crippen LogP contribution in [0.5, 0.6) is 0 Å². The predicted molar refractivity (Wildman–Crippen MR) is 84.8 cm³/mol. The second-order valence-electron chi connectivity index (χ2n) is 5.57. The first kappa shape index (κ1) is 17.7. The minimum Gasteiger partial charge on any atom is -0.274 e. The summed E-state index contributed by atoms with van der Waals surface area (Å²) in [5.41, 5.74) is 3.22. The Morgan fingerprint density at radius 1 is 1.05 bits per heavy atom. The third-order valence-electron chi connectivity index (χ3n) is 4.16. The topological polar surface area (TPSA) is 63.2 Å². The Bertz CT molecular complexity index is 618. The molecule has 1 aromatic carbocycles. The van der Waals surface area contributed by atoms with Crippen LogP contribution in [0.1, 0.15) is 48.9 Å².